The molecular formula is C14H28O. The summed E-state index contributed by atoms with van der Waals surface area (Å²) in [7, 11) is 1.75. The maximum Gasteiger partial charge on any atom is 0.0913 e. The maximum absolute atomic E-state index is 5.20. The maximum atomic E-state index is 5.20. The highest BCUT2D eigenvalue weighted by Crippen LogP contribution is 2.14. The number of hydrogen-bond acceptors (Lipinski definition) is 1. The van der Waals surface area contributed by atoms with E-state index in [0.717, 1.165) is 5.76 Å². The first kappa shape index (κ1) is 14.5. The molecule has 0 amide bonds. The fourth-order valence-corrected chi connectivity index (χ4v) is 1.70. The lowest BCUT2D eigenvalue weighted by atomic mass is 10.0. The molecule has 0 heterocycles. The third kappa shape index (κ3) is 8.53. The Morgan fingerprint density at radius 2 is 1.40 bits per heavy atom. The van der Waals surface area contributed by atoms with Crippen molar-refractivity contribution in [1.29, 1.82) is 0 Å². The van der Waals surface area contributed by atoms with Crippen LogP contribution < -0.4 is 0 Å². The van der Waals surface area contributed by atoms with Crippen LogP contribution in [0.25, 0.3) is 0 Å². The van der Waals surface area contributed by atoms with Gasteiger partial charge in [0.25, 0.3) is 0 Å². The second kappa shape index (κ2) is 10.1. The SMILES string of the molecule is CCCCCCCCC/C(C)=C(\C)OC. The Bertz CT molecular complexity index is 170. The van der Waals surface area contributed by atoms with Gasteiger partial charge in [0, 0.05) is 0 Å². The van der Waals surface area contributed by atoms with Gasteiger partial charge in [0.2, 0.25) is 0 Å². The molecule has 0 bridgehead atoms. The minimum absolute atomic E-state index is 1.10. The van der Waals surface area contributed by atoms with E-state index in [2.05, 4.69) is 20.8 Å². The molecule has 0 spiro atoms. The molecule has 0 aromatic carbocycles. The van der Waals surface area contributed by atoms with Crippen LogP contribution in [0, 0.1) is 0 Å². The summed E-state index contributed by atoms with van der Waals surface area (Å²) in [5, 5.41) is 0. The van der Waals surface area contributed by atoms with E-state index in [0.29, 0.717) is 0 Å². The fraction of sp³-hybridized carbons (Fsp3) is 0.857. The highest BCUT2D eigenvalue weighted by Gasteiger charge is 1.97. The van der Waals surface area contributed by atoms with Crippen LogP contribution in [-0.4, -0.2) is 7.11 Å². The molecule has 0 aliphatic heterocycles. The Balaban J connectivity index is 3.31. The van der Waals surface area contributed by atoms with Crippen LogP contribution in [0.4, 0.5) is 0 Å². The fourth-order valence-electron chi connectivity index (χ4n) is 1.70. The Labute approximate surface area is 95.9 Å². The van der Waals surface area contributed by atoms with Crippen molar-refractivity contribution >= 4 is 0 Å². The normalized spacial score (nSPS) is 12.5. The van der Waals surface area contributed by atoms with Crippen LogP contribution in [-0.2, 0) is 4.74 Å². The second-order valence-electron chi connectivity index (χ2n) is 4.41. The molecule has 1 nitrogen and oxygen atoms in total. The predicted octanol–water partition coefficient (Wildman–Crippen LogP) is 5.07. The molecule has 0 rings (SSSR count). The number of ether oxygens (including phenoxy) is 1. The van der Waals surface area contributed by atoms with Gasteiger partial charge in [-0.2, -0.15) is 0 Å². The summed E-state index contributed by atoms with van der Waals surface area (Å²) >= 11 is 0. The second-order valence-corrected chi connectivity index (χ2v) is 4.41. The van der Waals surface area contributed by atoms with E-state index in [1.54, 1.807) is 7.11 Å². The van der Waals surface area contributed by atoms with Crippen LogP contribution >= 0.6 is 0 Å². The quantitative estimate of drug-likeness (QED) is 0.383. The first-order valence-electron chi connectivity index (χ1n) is 6.42. The first-order valence-corrected chi connectivity index (χ1v) is 6.42. The Kier molecular flexibility index (Phi) is 9.76. The Hall–Kier alpha value is -0.460. The van der Waals surface area contributed by atoms with Crippen molar-refractivity contribution in [3.05, 3.63) is 11.3 Å². The van der Waals surface area contributed by atoms with E-state index in [-0.39, 0.29) is 0 Å². The number of methoxy groups -OCH3 is 1. The molecule has 0 fully saturated rings. The lowest BCUT2D eigenvalue weighted by Crippen LogP contribution is -1.88. The van der Waals surface area contributed by atoms with Gasteiger partial charge in [-0.15, -0.1) is 0 Å². The van der Waals surface area contributed by atoms with Crippen molar-refractivity contribution in [3.8, 4) is 0 Å². The largest absolute Gasteiger partial charge is 0.501 e. The monoisotopic (exact) mass is 212 g/mol. The van der Waals surface area contributed by atoms with Gasteiger partial charge in [0.05, 0.1) is 12.9 Å². The van der Waals surface area contributed by atoms with Crippen LogP contribution in [0.2, 0.25) is 0 Å². The lowest BCUT2D eigenvalue weighted by molar-refractivity contribution is 0.287. The van der Waals surface area contributed by atoms with Crippen molar-refractivity contribution in [2.45, 2.75) is 72.1 Å². The van der Waals surface area contributed by atoms with Crippen LogP contribution in [0.1, 0.15) is 72.1 Å². The predicted molar refractivity (Wildman–Crippen MR) is 68.0 cm³/mol. The molecule has 15 heavy (non-hydrogen) atoms. The number of hydrogen-bond donors (Lipinski definition) is 0. The molecule has 0 aliphatic carbocycles. The van der Waals surface area contributed by atoms with Gasteiger partial charge in [-0.1, -0.05) is 45.4 Å². The van der Waals surface area contributed by atoms with E-state index in [9.17, 15) is 0 Å². The molecule has 0 saturated carbocycles. The van der Waals surface area contributed by atoms with Crippen LogP contribution in [0.3, 0.4) is 0 Å². The summed E-state index contributed by atoms with van der Waals surface area (Å²) in [5.41, 5.74) is 1.41. The number of rotatable bonds is 9. The van der Waals surface area contributed by atoms with Crippen molar-refractivity contribution in [1.82, 2.24) is 0 Å². The molecule has 0 saturated heterocycles. The molecular weight excluding hydrogens is 184 g/mol. The van der Waals surface area contributed by atoms with E-state index in [4.69, 9.17) is 4.74 Å². The van der Waals surface area contributed by atoms with E-state index >= 15 is 0 Å². The minimum atomic E-state index is 1.10. The molecule has 0 radical (unpaired) electrons. The molecule has 0 N–H and O–H groups in total. The highest BCUT2D eigenvalue weighted by atomic mass is 16.5. The number of allylic oxidation sites excluding steroid dienone is 2. The molecule has 1 heteroatoms. The summed E-state index contributed by atoms with van der Waals surface area (Å²) in [4.78, 5) is 0. The minimum Gasteiger partial charge on any atom is -0.501 e. The van der Waals surface area contributed by atoms with Gasteiger partial charge in [-0.3, -0.25) is 0 Å². The topological polar surface area (TPSA) is 9.23 Å². The summed E-state index contributed by atoms with van der Waals surface area (Å²) in [6, 6.07) is 0. The zero-order chi connectivity index (χ0) is 11.5. The van der Waals surface area contributed by atoms with Gasteiger partial charge < -0.3 is 4.74 Å². The smallest absolute Gasteiger partial charge is 0.0913 e. The summed E-state index contributed by atoms with van der Waals surface area (Å²) in [6.07, 6.45) is 10.9. The van der Waals surface area contributed by atoms with Gasteiger partial charge in [-0.25, -0.2) is 0 Å². The van der Waals surface area contributed by atoms with Crippen molar-refractivity contribution in [3.63, 3.8) is 0 Å². The molecule has 0 aliphatic rings. The van der Waals surface area contributed by atoms with Crippen molar-refractivity contribution in [2.24, 2.45) is 0 Å². The third-order valence-corrected chi connectivity index (χ3v) is 3.06. The molecule has 90 valence electrons. The van der Waals surface area contributed by atoms with E-state index in [1.807, 2.05) is 0 Å². The summed E-state index contributed by atoms with van der Waals surface area (Å²) < 4.78 is 5.20. The van der Waals surface area contributed by atoms with Gasteiger partial charge in [-0.05, 0) is 32.3 Å². The molecule has 0 aromatic heterocycles. The Morgan fingerprint density at radius 3 is 1.93 bits per heavy atom. The van der Waals surface area contributed by atoms with E-state index in [1.165, 1.54) is 56.9 Å². The zero-order valence-corrected chi connectivity index (χ0v) is 11.1. The number of unbranched alkanes of at least 4 members (excludes halogenated alkanes) is 6. The van der Waals surface area contributed by atoms with Crippen molar-refractivity contribution in [2.75, 3.05) is 7.11 Å². The van der Waals surface area contributed by atoms with Crippen LogP contribution in [0.5, 0.6) is 0 Å². The molecule has 0 atom stereocenters. The van der Waals surface area contributed by atoms with Gasteiger partial charge in [0.15, 0.2) is 0 Å². The van der Waals surface area contributed by atoms with Gasteiger partial charge in [0.1, 0.15) is 0 Å². The average molecular weight is 212 g/mol. The third-order valence-electron chi connectivity index (χ3n) is 3.06. The van der Waals surface area contributed by atoms with Gasteiger partial charge >= 0.3 is 0 Å². The molecule has 0 aromatic rings. The lowest BCUT2D eigenvalue weighted by Gasteiger charge is -2.06. The zero-order valence-electron chi connectivity index (χ0n) is 11.1. The average Bonchev–Trinajstić information content (AvgIpc) is 2.26. The Morgan fingerprint density at radius 1 is 0.867 bits per heavy atom. The summed E-state index contributed by atoms with van der Waals surface area (Å²) in [5.74, 6) is 1.10. The van der Waals surface area contributed by atoms with E-state index < -0.39 is 0 Å². The summed E-state index contributed by atoms with van der Waals surface area (Å²) in [6.45, 7) is 6.49. The first-order chi connectivity index (χ1) is 7.22. The highest BCUT2D eigenvalue weighted by molar-refractivity contribution is 5.02. The van der Waals surface area contributed by atoms with Crippen LogP contribution in [0.15, 0.2) is 11.3 Å². The standard InChI is InChI=1S/C14H28O/c1-5-6-7-8-9-10-11-12-13(2)14(3)15-4/h5-12H2,1-4H3/b14-13+. The van der Waals surface area contributed by atoms with Crippen molar-refractivity contribution < 1.29 is 4.74 Å². The molecule has 0 unspecified atom stereocenters.